The third-order valence-electron chi connectivity index (χ3n) is 5.44. The molecule has 1 atom stereocenters. The van der Waals surface area contributed by atoms with Gasteiger partial charge in [0.25, 0.3) is 0 Å². The Kier molecular flexibility index (Phi) is 5.16. The Hall–Kier alpha value is -2.34. The molecule has 1 unspecified atom stereocenters. The van der Waals surface area contributed by atoms with E-state index in [9.17, 15) is 8.78 Å². The minimum atomic E-state index is -0.711. The molecule has 2 aromatic rings. The number of fused-ring (bicyclic) bond motifs is 1. The number of likely N-dealkylation sites (tertiary alicyclic amines) is 1. The van der Waals surface area contributed by atoms with Crippen LogP contribution in [0.15, 0.2) is 36.2 Å². The van der Waals surface area contributed by atoms with E-state index in [2.05, 4.69) is 14.9 Å². The van der Waals surface area contributed by atoms with Gasteiger partial charge in [0.2, 0.25) is 5.88 Å². The van der Waals surface area contributed by atoms with Gasteiger partial charge < -0.3 is 9.64 Å². The number of benzene rings is 1. The molecule has 6 heteroatoms. The first-order valence-corrected chi connectivity index (χ1v) is 9.34. The highest BCUT2D eigenvalue weighted by Crippen LogP contribution is 2.38. The molecule has 1 aliphatic carbocycles. The smallest absolute Gasteiger partial charge is 0.235 e. The number of halogens is 2. The molecule has 142 valence electrons. The Morgan fingerprint density at radius 2 is 2.11 bits per heavy atom. The van der Waals surface area contributed by atoms with Gasteiger partial charge in [-0.2, -0.15) is 0 Å². The first-order valence-electron chi connectivity index (χ1n) is 9.34. The van der Waals surface area contributed by atoms with E-state index in [0.717, 1.165) is 42.8 Å². The summed E-state index contributed by atoms with van der Waals surface area (Å²) in [5.74, 6) is 0.297. The van der Waals surface area contributed by atoms with Gasteiger partial charge in [0.1, 0.15) is 17.7 Å². The van der Waals surface area contributed by atoms with Gasteiger partial charge in [-0.1, -0.05) is 11.6 Å². The van der Waals surface area contributed by atoms with Crippen LogP contribution in [0.3, 0.4) is 0 Å². The van der Waals surface area contributed by atoms with Gasteiger partial charge in [-0.25, -0.2) is 13.8 Å². The quantitative estimate of drug-likeness (QED) is 0.778. The second-order valence-electron chi connectivity index (χ2n) is 7.19. The highest BCUT2D eigenvalue weighted by atomic mass is 19.1. The van der Waals surface area contributed by atoms with Crippen LogP contribution in [-0.2, 0) is 12.8 Å². The SMILES string of the molecule is COc1nccnc1CC1=C(CCN2CCC(F)C2)Cc2cc(F)ccc21. The average molecular weight is 371 g/mol. The predicted octanol–water partition coefficient (Wildman–Crippen LogP) is 3.61. The predicted molar refractivity (Wildman–Crippen MR) is 99.9 cm³/mol. The number of methoxy groups -OCH3 is 1. The molecule has 1 aliphatic heterocycles. The van der Waals surface area contributed by atoms with Crippen LogP contribution in [0.5, 0.6) is 5.88 Å². The van der Waals surface area contributed by atoms with Crippen LogP contribution in [0.2, 0.25) is 0 Å². The van der Waals surface area contributed by atoms with Gasteiger partial charge >= 0.3 is 0 Å². The molecule has 0 amide bonds. The normalized spacial score (nSPS) is 19.6. The van der Waals surface area contributed by atoms with E-state index < -0.39 is 6.17 Å². The number of aromatic nitrogens is 2. The number of hydrogen-bond donors (Lipinski definition) is 0. The standard InChI is InChI=1S/C21H23F2N3O/c1-27-21-20(24-6-7-25-21)12-19-14(4-8-26-9-5-17(23)13-26)10-15-11-16(22)2-3-18(15)19/h2-3,6-7,11,17H,4-5,8-10,12-13H2,1H3. The summed E-state index contributed by atoms with van der Waals surface area (Å²) in [6.07, 6.45) is 5.35. The molecule has 2 aliphatic rings. The molecule has 2 heterocycles. The molecule has 0 saturated carbocycles. The Morgan fingerprint density at radius 1 is 1.26 bits per heavy atom. The summed E-state index contributed by atoms with van der Waals surface area (Å²) in [5.41, 5.74) is 5.29. The maximum atomic E-state index is 13.7. The van der Waals surface area contributed by atoms with Gasteiger partial charge in [0, 0.05) is 38.4 Å². The van der Waals surface area contributed by atoms with Crippen molar-refractivity contribution in [1.82, 2.24) is 14.9 Å². The summed E-state index contributed by atoms with van der Waals surface area (Å²) in [6.45, 7) is 2.15. The number of hydrogen-bond acceptors (Lipinski definition) is 4. The van der Waals surface area contributed by atoms with E-state index in [1.54, 1.807) is 25.6 Å². The molecular weight excluding hydrogens is 348 g/mol. The van der Waals surface area contributed by atoms with Crippen molar-refractivity contribution in [1.29, 1.82) is 0 Å². The summed E-state index contributed by atoms with van der Waals surface area (Å²) in [5, 5.41) is 0. The van der Waals surface area contributed by atoms with Crippen LogP contribution in [0.4, 0.5) is 8.78 Å². The van der Waals surface area contributed by atoms with Crippen molar-refractivity contribution in [3.63, 3.8) is 0 Å². The van der Waals surface area contributed by atoms with E-state index in [0.29, 0.717) is 25.3 Å². The summed E-state index contributed by atoms with van der Waals surface area (Å²) in [7, 11) is 1.58. The number of nitrogens with zero attached hydrogens (tertiary/aromatic N) is 3. The Balaban J connectivity index is 1.61. The number of rotatable bonds is 6. The van der Waals surface area contributed by atoms with Crippen molar-refractivity contribution < 1.29 is 13.5 Å². The topological polar surface area (TPSA) is 38.3 Å². The molecule has 4 rings (SSSR count). The molecule has 0 radical (unpaired) electrons. The fraction of sp³-hybridized carbons (Fsp3) is 0.429. The fourth-order valence-corrected chi connectivity index (χ4v) is 4.08. The van der Waals surface area contributed by atoms with Crippen LogP contribution < -0.4 is 4.74 Å². The van der Waals surface area contributed by atoms with Gasteiger partial charge in [0.05, 0.1) is 7.11 Å². The van der Waals surface area contributed by atoms with Gasteiger partial charge in [-0.05, 0) is 48.1 Å². The molecule has 0 N–H and O–H groups in total. The Morgan fingerprint density at radius 3 is 2.89 bits per heavy atom. The molecule has 0 spiro atoms. The van der Waals surface area contributed by atoms with Crippen LogP contribution in [0.1, 0.15) is 29.7 Å². The molecule has 1 fully saturated rings. The maximum absolute atomic E-state index is 13.7. The molecule has 27 heavy (non-hydrogen) atoms. The second-order valence-corrected chi connectivity index (χ2v) is 7.19. The van der Waals surface area contributed by atoms with E-state index in [1.807, 2.05) is 6.07 Å². The van der Waals surface area contributed by atoms with E-state index >= 15 is 0 Å². The van der Waals surface area contributed by atoms with Crippen LogP contribution in [0, 0.1) is 5.82 Å². The molecule has 0 bridgehead atoms. The lowest BCUT2D eigenvalue weighted by molar-refractivity contribution is 0.290. The zero-order valence-corrected chi connectivity index (χ0v) is 15.4. The monoisotopic (exact) mass is 371 g/mol. The number of allylic oxidation sites excluding steroid dienone is 1. The van der Waals surface area contributed by atoms with Gasteiger partial charge in [-0.15, -0.1) is 0 Å². The van der Waals surface area contributed by atoms with Crippen molar-refractivity contribution in [2.75, 3.05) is 26.7 Å². The molecular formula is C21H23F2N3O. The first-order chi connectivity index (χ1) is 13.1. The van der Waals surface area contributed by atoms with Crippen molar-refractivity contribution in [2.45, 2.75) is 31.9 Å². The molecule has 4 nitrogen and oxygen atoms in total. The van der Waals surface area contributed by atoms with Crippen molar-refractivity contribution in [3.05, 3.63) is 58.8 Å². The fourth-order valence-electron chi connectivity index (χ4n) is 4.08. The largest absolute Gasteiger partial charge is 0.480 e. The minimum Gasteiger partial charge on any atom is -0.480 e. The average Bonchev–Trinajstić information content (AvgIpc) is 3.23. The molecule has 1 saturated heterocycles. The second kappa shape index (κ2) is 7.72. The first kappa shape index (κ1) is 18.0. The lowest BCUT2D eigenvalue weighted by atomic mass is 9.99. The summed E-state index contributed by atoms with van der Waals surface area (Å²) >= 11 is 0. The maximum Gasteiger partial charge on any atom is 0.235 e. The summed E-state index contributed by atoms with van der Waals surface area (Å²) in [4.78, 5) is 10.8. The Bertz CT molecular complexity index is 868. The van der Waals surface area contributed by atoms with Crippen molar-refractivity contribution in [2.24, 2.45) is 0 Å². The van der Waals surface area contributed by atoms with Crippen LogP contribution >= 0.6 is 0 Å². The summed E-state index contributed by atoms with van der Waals surface area (Å²) < 4.78 is 32.5. The van der Waals surface area contributed by atoms with Crippen LogP contribution in [0.25, 0.3) is 5.57 Å². The molecule has 1 aromatic carbocycles. The highest BCUT2D eigenvalue weighted by Gasteiger charge is 2.26. The number of ether oxygens (including phenoxy) is 1. The van der Waals surface area contributed by atoms with Crippen molar-refractivity contribution in [3.8, 4) is 5.88 Å². The zero-order chi connectivity index (χ0) is 18.8. The lowest BCUT2D eigenvalue weighted by Gasteiger charge is -2.16. The van der Waals surface area contributed by atoms with E-state index in [-0.39, 0.29) is 5.82 Å². The molecule has 1 aromatic heterocycles. The van der Waals surface area contributed by atoms with E-state index in [4.69, 9.17) is 4.74 Å². The highest BCUT2D eigenvalue weighted by molar-refractivity contribution is 5.78. The lowest BCUT2D eigenvalue weighted by Crippen LogP contribution is -2.22. The van der Waals surface area contributed by atoms with Crippen LogP contribution in [-0.4, -0.2) is 47.8 Å². The zero-order valence-electron chi connectivity index (χ0n) is 15.4. The van der Waals surface area contributed by atoms with Crippen molar-refractivity contribution >= 4 is 5.57 Å². The minimum absolute atomic E-state index is 0.216. The summed E-state index contributed by atoms with van der Waals surface area (Å²) in [6, 6.07) is 4.97. The van der Waals surface area contributed by atoms with Gasteiger partial charge in [0.15, 0.2) is 0 Å². The van der Waals surface area contributed by atoms with Gasteiger partial charge in [-0.3, -0.25) is 4.98 Å². The Labute approximate surface area is 157 Å². The third kappa shape index (κ3) is 3.86. The third-order valence-corrected chi connectivity index (χ3v) is 5.44. The van der Waals surface area contributed by atoms with E-state index in [1.165, 1.54) is 17.2 Å². The number of alkyl halides is 1.